The number of hydrogen-bond donors (Lipinski definition) is 0. The molecule has 2 aliphatic rings. The van der Waals surface area contributed by atoms with Crippen LogP contribution in [-0.2, 0) is 4.79 Å². The van der Waals surface area contributed by atoms with Crippen molar-refractivity contribution >= 4 is 5.78 Å². The van der Waals surface area contributed by atoms with E-state index in [1.807, 2.05) is 12.2 Å². The summed E-state index contributed by atoms with van der Waals surface area (Å²) < 4.78 is 0. The second-order valence-corrected chi connectivity index (χ2v) is 2.89. The molecule has 0 spiro atoms. The summed E-state index contributed by atoms with van der Waals surface area (Å²) in [6, 6.07) is 2.15. The van der Waals surface area contributed by atoms with Gasteiger partial charge in [-0.25, -0.2) is 0 Å². The Morgan fingerprint density at radius 2 is 2.40 bits per heavy atom. The molecule has 1 fully saturated rings. The molecular formula is C8H7NO. The van der Waals surface area contributed by atoms with Crippen LogP contribution in [0, 0.1) is 29.1 Å². The van der Waals surface area contributed by atoms with Crippen LogP contribution in [0.25, 0.3) is 0 Å². The average molecular weight is 133 g/mol. The van der Waals surface area contributed by atoms with Crippen molar-refractivity contribution in [2.75, 3.05) is 0 Å². The van der Waals surface area contributed by atoms with Crippen molar-refractivity contribution in [3.63, 3.8) is 0 Å². The Bertz CT molecular complexity index is 248. The number of nitrogens with zero attached hydrogens (tertiary/aromatic N) is 1. The molecule has 0 N–H and O–H groups in total. The molecule has 3 atom stereocenters. The molecule has 0 unspecified atom stereocenters. The van der Waals surface area contributed by atoms with Crippen LogP contribution < -0.4 is 0 Å². The number of hydrogen-bond acceptors (Lipinski definition) is 2. The number of fused-ring (bicyclic) bond motifs is 2. The lowest BCUT2D eigenvalue weighted by Gasteiger charge is -2.04. The summed E-state index contributed by atoms with van der Waals surface area (Å²) in [6.45, 7) is 0. The van der Waals surface area contributed by atoms with Crippen LogP contribution in [0.2, 0.25) is 0 Å². The molecule has 0 aliphatic heterocycles. The summed E-state index contributed by atoms with van der Waals surface area (Å²) in [4.78, 5) is 11.1. The van der Waals surface area contributed by atoms with Crippen LogP contribution in [-0.4, -0.2) is 5.78 Å². The first-order valence-corrected chi connectivity index (χ1v) is 3.44. The van der Waals surface area contributed by atoms with Crippen molar-refractivity contribution in [2.45, 2.75) is 6.42 Å². The zero-order valence-electron chi connectivity index (χ0n) is 5.45. The van der Waals surface area contributed by atoms with Gasteiger partial charge in [0.05, 0.1) is 17.9 Å². The Labute approximate surface area is 59.1 Å². The molecule has 2 heteroatoms. The van der Waals surface area contributed by atoms with Gasteiger partial charge in [-0.1, -0.05) is 12.2 Å². The summed E-state index contributed by atoms with van der Waals surface area (Å²) in [7, 11) is 0. The van der Waals surface area contributed by atoms with Gasteiger partial charge in [-0.15, -0.1) is 0 Å². The van der Waals surface area contributed by atoms with E-state index in [-0.39, 0.29) is 23.5 Å². The molecule has 0 saturated heterocycles. The third kappa shape index (κ3) is 0.501. The fraction of sp³-hybridized carbons (Fsp3) is 0.500. The lowest BCUT2D eigenvalue weighted by Crippen LogP contribution is -2.08. The lowest BCUT2D eigenvalue weighted by atomic mass is 9.95. The van der Waals surface area contributed by atoms with Crippen molar-refractivity contribution in [1.82, 2.24) is 0 Å². The minimum atomic E-state index is -0.0602. The Morgan fingerprint density at radius 1 is 1.60 bits per heavy atom. The van der Waals surface area contributed by atoms with E-state index in [0.717, 1.165) is 6.42 Å². The Hall–Kier alpha value is -1.10. The van der Waals surface area contributed by atoms with E-state index < -0.39 is 0 Å². The molecule has 1 saturated carbocycles. The third-order valence-corrected chi connectivity index (χ3v) is 2.35. The van der Waals surface area contributed by atoms with E-state index in [4.69, 9.17) is 5.26 Å². The maximum atomic E-state index is 11.1. The van der Waals surface area contributed by atoms with E-state index in [1.54, 1.807) is 0 Å². The average Bonchev–Trinajstić information content (AvgIpc) is 2.46. The molecule has 2 aliphatic carbocycles. The smallest absolute Gasteiger partial charge is 0.147 e. The second-order valence-electron chi connectivity index (χ2n) is 2.89. The van der Waals surface area contributed by atoms with Gasteiger partial charge < -0.3 is 0 Å². The number of carbonyl (C=O) groups excluding carboxylic acids is 1. The number of allylic oxidation sites excluding steroid dienone is 2. The highest BCUT2D eigenvalue weighted by molar-refractivity contribution is 5.92. The highest BCUT2D eigenvalue weighted by Gasteiger charge is 2.43. The van der Waals surface area contributed by atoms with Crippen molar-refractivity contribution in [3.05, 3.63) is 12.2 Å². The van der Waals surface area contributed by atoms with Crippen molar-refractivity contribution < 1.29 is 4.79 Å². The predicted molar refractivity (Wildman–Crippen MR) is 34.8 cm³/mol. The van der Waals surface area contributed by atoms with E-state index in [9.17, 15) is 4.79 Å². The van der Waals surface area contributed by atoms with Gasteiger partial charge in [0.2, 0.25) is 0 Å². The maximum absolute atomic E-state index is 11.1. The van der Waals surface area contributed by atoms with Crippen molar-refractivity contribution in [3.8, 4) is 6.07 Å². The van der Waals surface area contributed by atoms with Gasteiger partial charge in [0.25, 0.3) is 0 Å². The quantitative estimate of drug-likeness (QED) is 0.460. The molecule has 0 aromatic carbocycles. The number of nitriles is 1. The van der Waals surface area contributed by atoms with Crippen LogP contribution in [0.1, 0.15) is 6.42 Å². The number of rotatable bonds is 0. The molecule has 0 amide bonds. The van der Waals surface area contributed by atoms with Crippen LogP contribution in [0.4, 0.5) is 0 Å². The fourth-order valence-corrected chi connectivity index (χ4v) is 1.77. The molecule has 50 valence electrons. The first-order valence-electron chi connectivity index (χ1n) is 3.44. The molecule has 0 aromatic rings. The first kappa shape index (κ1) is 5.67. The van der Waals surface area contributed by atoms with Crippen molar-refractivity contribution in [2.24, 2.45) is 17.8 Å². The van der Waals surface area contributed by atoms with E-state index >= 15 is 0 Å². The summed E-state index contributed by atoms with van der Waals surface area (Å²) >= 11 is 0. The summed E-state index contributed by atoms with van der Waals surface area (Å²) in [5, 5.41) is 8.57. The highest BCUT2D eigenvalue weighted by Crippen LogP contribution is 2.39. The molecule has 10 heavy (non-hydrogen) atoms. The Balaban J connectivity index is 2.34. The summed E-state index contributed by atoms with van der Waals surface area (Å²) in [5.74, 6) is 0.249. The SMILES string of the molecule is N#C[C@@H]1C[C@@H]2C=C[C@H]1C2=O. The van der Waals surface area contributed by atoms with Crippen molar-refractivity contribution in [1.29, 1.82) is 5.26 Å². The van der Waals surface area contributed by atoms with Gasteiger partial charge in [-0.05, 0) is 6.42 Å². The third-order valence-electron chi connectivity index (χ3n) is 2.35. The standard InChI is InChI=1S/C8H7NO/c9-4-6-3-5-1-2-7(6)8(5)10/h1-2,5-7H,3H2/t5-,6-,7+/m0/s1. The van der Waals surface area contributed by atoms with Crippen LogP contribution in [0.15, 0.2) is 12.2 Å². The monoisotopic (exact) mass is 133 g/mol. The van der Waals surface area contributed by atoms with Crippen LogP contribution in [0.5, 0.6) is 0 Å². The number of ketones is 1. The lowest BCUT2D eigenvalue weighted by molar-refractivity contribution is -0.120. The van der Waals surface area contributed by atoms with Gasteiger partial charge >= 0.3 is 0 Å². The van der Waals surface area contributed by atoms with Crippen LogP contribution in [0.3, 0.4) is 0 Å². The maximum Gasteiger partial charge on any atom is 0.147 e. The zero-order chi connectivity index (χ0) is 7.14. The zero-order valence-corrected chi connectivity index (χ0v) is 5.45. The van der Waals surface area contributed by atoms with E-state index in [2.05, 4.69) is 6.07 Å². The Morgan fingerprint density at radius 3 is 2.70 bits per heavy atom. The summed E-state index contributed by atoms with van der Waals surface area (Å²) in [5.41, 5.74) is 0. The van der Waals surface area contributed by atoms with Crippen LogP contribution >= 0.6 is 0 Å². The first-order chi connectivity index (χ1) is 4.83. The van der Waals surface area contributed by atoms with Gasteiger partial charge in [0, 0.05) is 5.92 Å². The topological polar surface area (TPSA) is 40.9 Å². The Kier molecular flexibility index (Phi) is 0.960. The molecule has 2 nitrogen and oxygen atoms in total. The molecule has 0 radical (unpaired) electrons. The molecular weight excluding hydrogens is 126 g/mol. The van der Waals surface area contributed by atoms with Gasteiger partial charge in [0.15, 0.2) is 0 Å². The summed E-state index contributed by atoms with van der Waals surface area (Å²) in [6.07, 6.45) is 4.57. The number of Topliss-reactive ketones (excluding diaryl/α,β-unsaturated/α-hetero) is 1. The normalized spacial score (nSPS) is 42.3. The van der Waals surface area contributed by atoms with Gasteiger partial charge in [-0.3, -0.25) is 4.79 Å². The minimum Gasteiger partial charge on any atom is -0.298 e. The predicted octanol–water partition coefficient (Wildman–Crippen LogP) is 0.901. The molecule has 2 bridgehead atoms. The fourth-order valence-electron chi connectivity index (χ4n) is 1.77. The largest absolute Gasteiger partial charge is 0.298 e. The van der Waals surface area contributed by atoms with E-state index in [1.165, 1.54) is 0 Å². The minimum absolute atomic E-state index is 0.0255. The second kappa shape index (κ2) is 1.69. The highest BCUT2D eigenvalue weighted by atomic mass is 16.1. The van der Waals surface area contributed by atoms with Gasteiger partial charge in [-0.2, -0.15) is 5.26 Å². The van der Waals surface area contributed by atoms with E-state index in [0.29, 0.717) is 0 Å². The molecule has 2 rings (SSSR count). The molecule has 0 heterocycles. The number of carbonyl (C=O) groups is 1. The van der Waals surface area contributed by atoms with Gasteiger partial charge in [0.1, 0.15) is 5.78 Å². The molecule has 0 aromatic heterocycles.